The number of hydrogen-bond donors (Lipinski definition) is 3. The van der Waals surface area contributed by atoms with Gasteiger partial charge in [0.25, 0.3) is 17.7 Å². The van der Waals surface area contributed by atoms with Crippen molar-refractivity contribution in [3.8, 4) is 0 Å². The number of hydrogen-bond acceptors (Lipinski definition) is 6. The molecular formula is C33H25ClFN5O4S. The minimum Gasteiger partial charge on any atom is -0.321 e. The second kappa shape index (κ2) is 14.5. The molecule has 0 unspecified atom stereocenters. The average molecular weight is 642 g/mol. The maximum Gasteiger partial charge on any atom is 0.272 e. The number of para-hydroxylation sites is 1. The predicted octanol–water partition coefficient (Wildman–Crippen LogP) is 5.85. The summed E-state index contributed by atoms with van der Waals surface area (Å²) in [7, 11) is 0. The summed E-state index contributed by atoms with van der Waals surface area (Å²) in [5, 5.41) is 13.5. The summed E-state index contributed by atoms with van der Waals surface area (Å²) in [5.74, 6) is -2.15. The minimum absolute atomic E-state index is 0.00888. The average Bonchev–Trinajstić information content (AvgIpc) is 3.42. The molecule has 0 aliphatic carbocycles. The Kier molecular flexibility index (Phi) is 10.0. The number of halogens is 2. The summed E-state index contributed by atoms with van der Waals surface area (Å²) in [4.78, 5) is 51.7. The molecule has 0 saturated carbocycles. The molecule has 4 aromatic rings. The van der Waals surface area contributed by atoms with E-state index in [0.29, 0.717) is 16.9 Å². The first kappa shape index (κ1) is 31.2. The van der Waals surface area contributed by atoms with E-state index >= 15 is 0 Å². The number of thioether (sulfide) groups is 1. The maximum absolute atomic E-state index is 14.5. The van der Waals surface area contributed by atoms with Crippen molar-refractivity contribution in [2.24, 2.45) is 5.10 Å². The van der Waals surface area contributed by atoms with Gasteiger partial charge in [-0.3, -0.25) is 19.2 Å². The van der Waals surface area contributed by atoms with E-state index in [1.54, 1.807) is 78.9 Å². The number of amidine groups is 1. The molecule has 5 rings (SSSR count). The first-order valence-corrected chi connectivity index (χ1v) is 14.9. The van der Waals surface area contributed by atoms with E-state index in [4.69, 9.17) is 11.6 Å². The van der Waals surface area contributed by atoms with Crippen LogP contribution in [-0.4, -0.2) is 35.2 Å². The molecule has 0 spiro atoms. The molecule has 0 fully saturated rings. The second-order valence-corrected chi connectivity index (χ2v) is 11.0. The third kappa shape index (κ3) is 8.22. The van der Waals surface area contributed by atoms with E-state index in [9.17, 15) is 23.6 Å². The molecule has 45 heavy (non-hydrogen) atoms. The first-order chi connectivity index (χ1) is 21.8. The topological polar surface area (TPSA) is 120 Å². The Morgan fingerprint density at radius 2 is 1.58 bits per heavy atom. The van der Waals surface area contributed by atoms with E-state index in [1.165, 1.54) is 41.0 Å². The molecule has 0 bridgehead atoms. The number of anilines is 2. The molecule has 0 aromatic heterocycles. The van der Waals surface area contributed by atoms with Crippen LogP contribution in [0.4, 0.5) is 15.8 Å². The van der Waals surface area contributed by atoms with Gasteiger partial charge >= 0.3 is 0 Å². The van der Waals surface area contributed by atoms with Crippen LogP contribution in [0.25, 0.3) is 6.08 Å². The van der Waals surface area contributed by atoms with Crippen LogP contribution in [0.2, 0.25) is 5.02 Å². The van der Waals surface area contributed by atoms with Crippen molar-refractivity contribution < 1.29 is 23.6 Å². The van der Waals surface area contributed by atoms with E-state index < -0.39 is 17.6 Å². The van der Waals surface area contributed by atoms with Gasteiger partial charge in [0.1, 0.15) is 17.3 Å². The molecule has 0 saturated heterocycles. The van der Waals surface area contributed by atoms with E-state index in [0.717, 1.165) is 4.90 Å². The van der Waals surface area contributed by atoms with Crippen molar-refractivity contribution >= 4 is 70.3 Å². The van der Waals surface area contributed by atoms with Gasteiger partial charge in [0.05, 0.1) is 22.9 Å². The lowest BCUT2D eigenvalue weighted by Crippen LogP contribution is -2.31. The highest BCUT2D eigenvalue weighted by Crippen LogP contribution is 2.24. The van der Waals surface area contributed by atoms with Gasteiger partial charge in [0.2, 0.25) is 5.91 Å². The van der Waals surface area contributed by atoms with Crippen LogP contribution in [0.15, 0.2) is 119 Å². The van der Waals surface area contributed by atoms with Gasteiger partial charge in [-0.1, -0.05) is 54.1 Å². The first-order valence-electron chi connectivity index (χ1n) is 13.6. The summed E-state index contributed by atoms with van der Waals surface area (Å²) in [6, 6.07) is 28.0. The molecule has 4 amide bonds. The van der Waals surface area contributed by atoms with Crippen molar-refractivity contribution in [2.45, 2.75) is 11.3 Å². The number of hydrazone groups is 1. The van der Waals surface area contributed by atoms with Crippen molar-refractivity contribution in [3.05, 3.63) is 131 Å². The molecule has 0 radical (unpaired) electrons. The Hall–Kier alpha value is -5.26. The number of carbonyl (C=O) groups excluding carboxylic acids is 4. The smallest absolute Gasteiger partial charge is 0.272 e. The molecule has 1 aliphatic heterocycles. The lowest BCUT2D eigenvalue weighted by molar-refractivity contribution is -0.117. The van der Waals surface area contributed by atoms with Crippen LogP contribution in [0.1, 0.15) is 22.3 Å². The van der Waals surface area contributed by atoms with Crippen molar-refractivity contribution in [2.75, 3.05) is 16.1 Å². The van der Waals surface area contributed by atoms with Gasteiger partial charge in [-0.25, -0.2) is 4.39 Å². The van der Waals surface area contributed by atoms with Crippen LogP contribution in [0.5, 0.6) is 0 Å². The third-order valence-electron chi connectivity index (χ3n) is 6.36. The van der Waals surface area contributed by atoms with Crippen molar-refractivity contribution in [1.82, 2.24) is 10.6 Å². The molecule has 4 aromatic carbocycles. The van der Waals surface area contributed by atoms with Crippen molar-refractivity contribution in [3.63, 3.8) is 0 Å². The van der Waals surface area contributed by atoms with Crippen molar-refractivity contribution in [1.29, 1.82) is 0 Å². The largest absolute Gasteiger partial charge is 0.321 e. The normalized spacial score (nSPS) is 12.8. The number of nitrogens with one attached hydrogen (secondary N) is 3. The van der Waals surface area contributed by atoms with Crippen LogP contribution < -0.4 is 21.0 Å². The fourth-order valence-electron chi connectivity index (χ4n) is 4.18. The monoisotopic (exact) mass is 641 g/mol. The van der Waals surface area contributed by atoms with Gasteiger partial charge in [-0.15, -0.1) is 11.8 Å². The Bertz CT molecular complexity index is 1780. The molecule has 9 nitrogen and oxygen atoms in total. The van der Waals surface area contributed by atoms with Gasteiger partial charge in [0.15, 0.2) is 0 Å². The Balaban J connectivity index is 1.21. The summed E-state index contributed by atoms with van der Waals surface area (Å²) in [6.07, 6.45) is 1.17. The predicted molar refractivity (Wildman–Crippen MR) is 173 cm³/mol. The molecule has 0 atom stereocenters. The highest BCUT2D eigenvalue weighted by atomic mass is 35.5. The minimum atomic E-state index is -0.699. The Labute approximate surface area is 267 Å². The Morgan fingerprint density at radius 1 is 0.889 bits per heavy atom. The number of amides is 4. The molecule has 3 N–H and O–H groups in total. The molecule has 226 valence electrons. The number of rotatable bonds is 9. The fraction of sp³-hybridized carbons (Fsp3) is 0.0606. The third-order valence-corrected chi connectivity index (χ3v) is 7.70. The van der Waals surface area contributed by atoms with Gasteiger partial charge in [-0.05, 0) is 66.7 Å². The zero-order valence-corrected chi connectivity index (χ0v) is 25.1. The van der Waals surface area contributed by atoms with E-state index in [-0.39, 0.29) is 46.1 Å². The van der Waals surface area contributed by atoms with E-state index in [2.05, 4.69) is 21.1 Å². The number of carbonyl (C=O) groups is 4. The quantitative estimate of drug-likeness (QED) is 0.157. The lowest BCUT2D eigenvalue weighted by atomic mass is 10.1. The van der Waals surface area contributed by atoms with Crippen LogP contribution >= 0.6 is 23.4 Å². The number of nitrogens with zero attached hydrogens (tertiary/aromatic N) is 2. The highest BCUT2D eigenvalue weighted by Gasteiger charge is 2.26. The summed E-state index contributed by atoms with van der Waals surface area (Å²) >= 11 is 7.42. The summed E-state index contributed by atoms with van der Waals surface area (Å²) in [6.45, 7) is 0. The van der Waals surface area contributed by atoms with Crippen LogP contribution in [0, 0.1) is 5.82 Å². The SMILES string of the molecule is O=C(CSc1ccc(NC(=O)/C(=C/c2c(F)cccc2Cl)NC(=O)c2ccccc2)cc1)NC1=NN(c2ccccc2)C(=O)C1. The Morgan fingerprint density at radius 3 is 2.27 bits per heavy atom. The van der Waals surface area contributed by atoms with Gasteiger partial charge in [-0.2, -0.15) is 10.1 Å². The zero-order valence-electron chi connectivity index (χ0n) is 23.5. The summed E-state index contributed by atoms with van der Waals surface area (Å²) in [5.41, 5.74) is 1.05. The molecule has 12 heteroatoms. The molecule has 1 aliphatic rings. The van der Waals surface area contributed by atoms with E-state index in [1.807, 2.05) is 6.07 Å². The highest BCUT2D eigenvalue weighted by molar-refractivity contribution is 8.00. The van der Waals surface area contributed by atoms with Crippen LogP contribution in [0.3, 0.4) is 0 Å². The second-order valence-electron chi connectivity index (χ2n) is 9.59. The number of benzene rings is 4. The van der Waals surface area contributed by atoms with Gasteiger partial charge in [0, 0.05) is 21.7 Å². The molecule has 1 heterocycles. The lowest BCUT2D eigenvalue weighted by Gasteiger charge is -2.12. The van der Waals surface area contributed by atoms with Gasteiger partial charge < -0.3 is 16.0 Å². The summed E-state index contributed by atoms with van der Waals surface area (Å²) < 4.78 is 14.5. The maximum atomic E-state index is 14.5. The molecular weight excluding hydrogens is 617 g/mol. The standard InChI is InChI=1S/C33H25ClFN5O4S/c34-26-12-7-13-27(35)25(26)18-28(37-32(43)21-8-3-1-4-9-21)33(44)36-22-14-16-24(17-15-22)45-20-30(41)38-29-19-31(42)40(39-29)23-10-5-2-6-11-23/h1-18H,19-20H2,(H,36,44)(H,37,43)(H,38,39,41)/b28-18-. The zero-order chi connectivity index (χ0) is 31.8. The fourth-order valence-corrected chi connectivity index (χ4v) is 5.10. The van der Waals surface area contributed by atoms with Crippen LogP contribution in [-0.2, 0) is 14.4 Å².